The molecule has 8 rings (SSSR count). The second kappa shape index (κ2) is 7.88. The first-order valence-electron chi connectivity index (χ1n) is 13.4. The van der Waals surface area contributed by atoms with Gasteiger partial charge in [-0.15, -0.1) is 0 Å². The number of carbonyl (C=O) groups excluding carboxylic acids is 3. The van der Waals surface area contributed by atoms with Gasteiger partial charge in [0.25, 0.3) is 0 Å². The summed E-state index contributed by atoms with van der Waals surface area (Å²) in [6, 6.07) is 0. The maximum Gasteiger partial charge on any atom is 0.376 e. The molecule has 35 heavy (non-hydrogen) atoms. The molecule has 0 aromatic carbocycles. The lowest BCUT2D eigenvalue weighted by atomic mass is 9.48. The molecule has 2 atom stereocenters. The van der Waals surface area contributed by atoms with Gasteiger partial charge in [0.05, 0.1) is 5.41 Å². The number of hydrogen-bond acceptors (Lipinski definition) is 6. The molecule has 0 radical (unpaired) electrons. The van der Waals surface area contributed by atoms with Crippen molar-refractivity contribution in [1.29, 1.82) is 0 Å². The maximum absolute atomic E-state index is 13.4. The van der Waals surface area contributed by atoms with E-state index in [1.54, 1.807) is 0 Å². The molecule has 0 heterocycles. The van der Waals surface area contributed by atoms with Crippen molar-refractivity contribution in [3.8, 4) is 0 Å². The third-order valence-electron chi connectivity index (χ3n) is 10.6. The minimum atomic E-state index is -3.53. The van der Waals surface area contributed by atoms with E-state index in [1.807, 2.05) is 0 Å². The quantitative estimate of drug-likeness (QED) is 0.394. The Balaban J connectivity index is 1.07. The molecule has 0 aromatic rings. The van der Waals surface area contributed by atoms with E-state index < -0.39 is 41.0 Å². The van der Waals surface area contributed by atoms with Crippen molar-refractivity contribution in [2.45, 2.75) is 95.7 Å². The normalized spacial score (nSPS) is 47.0. The van der Waals surface area contributed by atoms with Gasteiger partial charge in [0.15, 0.2) is 6.61 Å². The Morgan fingerprint density at radius 2 is 1.43 bits per heavy atom. The molecule has 0 amide bonds. The van der Waals surface area contributed by atoms with Gasteiger partial charge in [0, 0.05) is 6.92 Å². The van der Waals surface area contributed by atoms with E-state index in [0.717, 1.165) is 50.4 Å². The van der Waals surface area contributed by atoms with Crippen LogP contribution in [0.4, 0.5) is 8.78 Å². The van der Waals surface area contributed by atoms with Crippen LogP contribution in [0.15, 0.2) is 0 Å². The minimum Gasteiger partial charge on any atom is -0.457 e. The van der Waals surface area contributed by atoms with Crippen LogP contribution in [0.5, 0.6) is 0 Å². The maximum atomic E-state index is 13.4. The van der Waals surface area contributed by atoms with Crippen molar-refractivity contribution in [2.24, 2.45) is 46.8 Å². The Hall–Kier alpha value is -1.73. The van der Waals surface area contributed by atoms with Crippen LogP contribution in [-0.2, 0) is 28.6 Å². The molecule has 2 unspecified atom stereocenters. The van der Waals surface area contributed by atoms with Gasteiger partial charge < -0.3 is 14.2 Å². The minimum absolute atomic E-state index is 0.126. The van der Waals surface area contributed by atoms with E-state index in [1.165, 1.54) is 6.42 Å². The Morgan fingerprint density at radius 3 is 1.97 bits per heavy atom. The van der Waals surface area contributed by atoms with E-state index in [9.17, 15) is 23.2 Å². The Kier molecular flexibility index (Phi) is 5.33. The van der Waals surface area contributed by atoms with Crippen LogP contribution in [0.25, 0.3) is 0 Å². The first-order chi connectivity index (χ1) is 16.4. The van der Waals surface area contributed by atoms with Gasteiger partial charge in [-0.1, -0.05) is 0 Å². The molecule has 0 saturated heterocycles. The highest BCUT2D eigenvalue weighted by Gasteiger charge is 2.61. The monoisotopic (exact) mass is 494 g/mol. The Morgan fingerprint density at radius 1 is 0.857 bits per heavy atom. The molecule has 0 aromatic heterocycles. The van der Waals surface area contributed by atoms with Gasteiger partial charge in [0.1, 0.15) is 11.7 Å². The van der Waals surface area contributed by atoms with E-state index >= 15 is 0 Å². The fraction of sp³-hybridized carbons (Fsp3) is 0.889. The summed E-state index contributed by atoms with van der Waals surface area (Å²) in [5.41, 5.74) is -1.18. The zero-order valence-electron chi connectivity index (χ0n) is 20.6. The first-order valence-corrected chi connectivity index (χ1v) is 13.4. The third kappa shape index (κ3) is 3.88. The molecular formula is C27H36F2O6. The van der Waals surface area contributed by atoms with E-state index in [4.69, 9.17) is 14.2 Å². The summed E-state index contributed by atoms with van der Waals surface area (Å²) in [7, 11) is 0. The predicted molar refractivity (Wildman–Crippen MR) is 119 cm³/mol. The summed E-state index contributed by atoms with van der Waals surface area (Å²) in [4.78, 5) is 37.9. The number of hydrogen-bond donors (Lipinski definition) is 0. The largest absolute Gasteiger partial charge is 0.457 e. The van der Waals surface area contributed by atoms with Crippen LogP contribution in [0.3, 0.4) is 0 Å². The molecule has 194 valence electrons. The summed E-state index contributed by atoms with van der Waals surface area (Å²) >= 11 is 0. The average molecular weight is 495 g/mol. The number of halogens is 2. The van der Waals surface area contributed by atoms with E-state index in [2.05, 4.69) is 6.92 Å². The SMILES string of the molecule is CC(F)(F)C(=O)OC1C2CC3CC1CC(C(=O)OCC(=O)OC1(C)C4CC5CC(C4)CC1C5)(C3)C2. The fourth-order valence-corrected chi connectivity index (χ4v) is 9.49. The van der Waals surface area contributed by atoms with Crippen molar-refractivity contribution < 1.29 is 37.4 Å². The van der Waals surface area contributed by atoms with Crippen molar-refractivity contribution >= 4 is 17.9 Å². The number of ether oxygens (including phenoxy) is 3. The second-order valence-electron chi connectivity index (χ2n) is 13.0. The fourth-order valence-electron chi connectivity index (χ4n) is 9.49. The van der Waals surface area contributed by atoms with Crippen molar-refractivity contribution in [3.05, 3.63) is 0 Å². The van der Waals surface area contributed by atoms with Crippen LogP contribution in [-0.4, -0.2) is 42.1 Å². The summed E-state index contributed by atoms with van der Waals surface area (Å²) in [5, 5.41) is 0. The summed E-state index contributed by atoms with van der Waals surface area (Å²) < 4.78 is 43.7. The summed E-state index contributed by atoms with van der Waals surface area (Å²) in [5.74, 6) is -3.52. The summed E-state index contributed by atoms with van der Waals surface area (Å²) in [6.07, 6.45) is 8.36. The third-order valence-corrected chi connectivity index (χ3v) is 10.6. The van der Waals surface area contributed by atoms with Crippen LogP contribution < -0.4 is 0 Å². The lowest BCUT2D eigenvalue weighted by Crippen LogP contribution is -2.59. The molecule has 8 saturated carbocycles. The number of rotatable bonds is 6. The molecule has 6 nitrogen and oxygen atoms in total. The van der Waals surface area contributed by atoms with Gasteiger partial charge in [-0.3, -0.25) is 4.79 Å². The molecule has 0 aliphatic heterocycles. The highest BCUT2D eigenvalue weighted by molar-refractivity contribution is 5.81. The highest BCUT2D eigenvalue weighted by Crippen LogP contribution is 2.62. The molecular weight excluding hydrogens is 458 g/mol. The van der Waals surface area contributed by atoms with Crippen molar-refractivity contribution in [3.63, 3.8) is 0 Å². The zero-order chi connectivity index (χ0) is 24.8. The number of alkyl halides is 2. The van der Waals surface area contributed by atoms with Crippen molar-refractivity contribution in [2.75, 3.05) is 6.61 Å². The Bertz CT molecular complexity index is 881. The topological polar surface area (TPSA) is 78.9 Å². The highest BCUT2D eigenvalue weighted by atomic mass is 19.3. The van der Waals surface area contributed by atoms with Crippen LogP contribution in [0.2, 0.25) is 0 Å². The molecule has 8 fully saturated rings. The van der Waals surface area contributed by atoms with E-state index in [-0.39, 0.29) is 24.4 Å². The molecule has 8 aliphatic rings. The molecule has 8 heteroatoms. The van der Waals surface area contributed by atoms with Gasteiger partial charge >= 0.3 is 23.8 Å². The average Bonchev–Trinajstić information content (AvgIpc) is 2.76. The lowest BCUT2D eigenvalue weighted by molar-refractivity contribution is -0.214. The summed E-state index contributed by atoms with van der Waals surface area (Å²) in [6.45, 7) is 2.23. The van der Waals surface area contributed by atoms with Gasteiger partial charge in [-0.2, -0.15) is 8.78 Å². The van der Waals surface area contributed by atoms with Gasteiger partial charge in [0.2, 0.25) is 0 Å². The van der Waals surface area contributed by atoms with Crippen LogP contribution >= 0.6 is 0 Å². The van der Waals surface area contributed by atoms with Gasteiger partial charge in [-0.05, 0) is 113 Å². The smallest absolute Gasteiger partial charge is 0.376 e. The molecule has 0 N–H and O–H groups in total. The first kappa shape index (κ1) is 23.7. The van der Waals surface area contributed by atoms with Crippen LogP contribution in [0.1, 0.15) is 78.1 Å². The van der Waals surface area contributed by atoms with Crippen LogP contribution in [0, 0.1) is 46.8 Å². The molecule has 0 spiro atoms. The number of carbonyl (C=O) groups is 3. The Labute approximate surface area is 204 Å². The molecule has 8 bridgehead atoms. The number of esters is 3. The standard InChI is InChI=1S/C27H36F2O6/c1-25(19-6-14-3-15(8-19)9-20(25)7-14)35-21(30)13-33-24(32)27-10-16-4-17(11-27)22(18(5-16)12-27)34-23(31)26(2,28)29/h14-20,22H,3-13H2,1-2H3. The zero-order valence-corrected chi connectivity index (χ0v) is 20.6. The molecule has 8 aliphatic carbocycles. The van der Waals surface area contributed by atoms with E-state index in [0.29, 0.717) is 38.0 Å². The van der Waals surface area contributed by atoms with Gasteiger partial charge in [-0.25, -0.2) is 9.59 Å². The second-order valence-corrected chi connectivity index (χ2v) is 13.0. The van der Waals surface area contributed by atoms with Crippen molar-refractivity contribution in [1.82, 2.24) is 0 Å². The lowest BCUT2D eigenvalue weighted by Gasteiger charge is -2.59. The predicted octanol–water partition coefficient (Wildman–Crippen LogP) is 4.68.